The average molecular weight is 341 g/mol. The number of carbonyl (C=O) groups is 1. The summed E-state index contributed by atoms with van der Waals surface area (Å²) in [5, 5.41) is 3.66. The number of rotatable bonds is 7. The minimum atomic E-state index is -0.0729. The van der Waals surface area contributed by atoms with E-state index in [1.807, 2.05) is 0 Å². The lowest BCUT2D eigenvalue weighted by atomic mass is 10.0. The van der Waals surface area contributed by atoms with Gasteiger partial charge in [0.2, 0.25) is 5.91 Å². The highest BCUT2D eigenvalue weighted by atomic mass is 35.5. The van der Waals surface area contributed by atoms with E-state index >= 15 is 0 Å². The van der Waals surface area contributed by atoms with Crippen LogP contribution in [-0.2, 0) is 9.53 Å². The standard InChI is InChI=1S/C17H25ClN2O3/c1-17(2,20-8-11-22-12-9-20)13-19-16(21)7-10-23-15-5-3-14(18)4-6-15/h3-6H,7-13H2,1-2H3,(H,19,21). The number of amides is 1. The van der Waals surface area contributed by atoms with Gasteiger partial charge in [-0.25, -0.2) is 0 Å². The van der Waals surface area contributed by atoms with Gasteiger partial charge in [-0.05, 0) is 38.1 Å². The highest BCUT2D eigenvalue weighted by Crippen LogP contribution is 2.16. The lowest BCUT2D eigenvalue weighted by molar-refractivity contribution is -0.122. The van der Waals surface area contributed by atoms with Crippen LogP contribution in [-0.4, -0.2) is 55.8 Å². The van der Waals surface area contributed by atoms with Crippen LogP contribution >= 0.6 is 11.6 Å². The molecular weight excluding hydrogens is 316 g/mol. The highest BCUT2D eigenvalue weighted by Gasteiger charge is 2.28. The van der Waals surface area contributed by atoms with E-state index in [9.17, 15) is 4.79 Å². The van der Waals surface area contributed by atoms with Crippen LogP contribution < -0.4 is 10.1 Å². The number of benzene rings is 1. The van der Waals surface area contributed by atoms with Crippen molar-refractivity contribution in [3.63, 3.8) is 0 Å². The van der Waals surface area contributed by atoms with Crippen molar-refractivity contribution < 1.29 is 14.3 Å². The molecule has 0 atom stereocenters. The molecule has 2 rings (SSSR count). The van der Waals surface area contributed by atoms with Crippen molar-refractivity contribution in [2.75, 3.05) is 39.5 Å². The van der Waals surface area contributed by atoms with E-state index in [1.54, 1.807) is 24.3 Å². The van der Waals surface area contributed by atoms with Crippen molar-refractivity contribution in [3.8, 4) is 5.75 Å². The number of hydrogen-bond donors (Lipinski definition) is 1. The van der Waals surface area contributed by atoms with Crippen LogP contribution in [0.2, 0.25) is 5.02 Å². The smallest absolute Gasteiger partial charge is 0.223 e. The maximum atomic E-state index is 12.0. The Balaban J connectivity index is 1.67. The fraction of sp³-hybridized carbons (Fsp3) is 0.588. The zero-order valence-electron chi connectivity index (χ0n) is 13.8. The third-order valence-corrected chi connectivity index (χ3v) is 4.25. The van der Waals surface area contributed by atoms with Gasteiger partial charge in [0.05, 0.1) is 26.2 Å². The first-order valence-electron chi connectivity index (χ1n) is 7.95. The molecule has 0 spiro atoms. The lowest BCUT2D eigenvalue weighted by Crippen LogP contribution is -2.55. The topological polar surface area (TPSA) is 50.8 Å². The van der Waals surface area contributed by atoms with Crippen molar-refractivity contribution in [1.29, 1.82) is 0 Å². The summed E-state index contributed by atoms with van der Waals surface area (Å²) in [4.78, 5) is 14.3. The van der Waals surface area contributed by atoms with Gasteiger partial charge in [0.15, 0.2) is 0 Å². The second-order valence-electron chi connectivity index (χ2n) is 6.24. The quantitative estimate of drug-likeness (QED) is 0.827. The van der Waals surface area contributed by atoms with Crippen LogP contribution in [0.1, 0.15) is 20.3 Å². The number of nitrogens with zero attached hydrogens (tertiary/aromatic N) is 1. The van der Waals surface area contributed by atoms with E-state index in [2.05, 4.69) is 24.1 Å². The Kier molecular flexibility index (Phi) is 6.69. The SMILES string of the molecule is CC(C)(CNC(=O)CCOc1ccc(Cl)cc1)N1CCOCC1. The Morgan fingerprint density at radius 1 is 1.30 bits per heavy atom. The monoisotopic (exact) mass is 340 g/mol. The van der Waals surface area contributed by atoms with E-state index in [-0.39, 0.29) is 11.4 Å². The van der Waals surface area contributed by atoms with Gasteiger partial charge in [-0.15, -0.1) is 0 Å². The van der Waals surface area contributed by atoms with Gasteiger partial charge in [0.1, 0.15) is 5.75 Å². The number of hydrogen-bond acceptors (Lipinski definition) is 4. The third-order valence-electron chi connectivity index (χ3n) is 4.00. The molecule has 1 aromatic carbocycles. The van der Waals surface area contributed by atoms with Gasteiger partial charge < -0.3 is 14.8 Å². The lowest BCUT2D eigenvalue weighted by Gasteiger charge is -2.40. The summed E-state index contributed by atoms with van der Waals surface area (Å²) < 4.78 is 10.9. The molecule has 1 heterocycles. The van der Waals surface area contributed by atoms with Gasteiger partial charge in [-0.3, -0.25) is 9.69 Å². The molecule has 1 aliphatic rings. The Bertz CT molecular complexity index is 499. The molecule has 0 unspecified atom stereocenters. The van der Waals surface area contributed by atoms with Crippen LogP contribution in [0.3, 0.4) is 0 Å². The van der Waals surface area contributed by atoms with Gasteiger partial charge in [0, 0.05) is 30.2 Å². The summed E-state index contributed by atoms with van der Waals surface area (Å²) in [6, 6.07) is 7.12. The molecule has 5 nitrogen and oxygen atoms in total. The summed E-state index contributed by atoms with van der Waals surface area (Å²) in [6.45, 7) is 8.58. The zero-order chi connectivity index (χ0) is 16.7. The van der Waals surface area contributed by atoms with Crippen LogP contribution in [0.15, 0.2) is 24.3 Å². The molecule has 0 bridgehead atoms. The fourth-order valence-electron chi connectivity index (χ4n) is 2.48. The first-order valence-corrected chi connectivity index (χ1v) is 8.33. The van der Waals surface area contributed by atoms with Gasteiger partial charge in [-0.1, -0.05) is 11.6 Å². The second-order valence-corrected chi connectivity index (χ2v) is 6.68. The predicted octanol–water partition coefficient (Wildman–Crippen LogP) is 2.34. The molecule has 1 fully saturated rings. The maximum absolute atomic E-state index is 12.0. The van der Waals surface area contributed by atoms with Crippen molar-refractivity contribution in [3.05, 3.63) is 29.3 Å². The van der Waals surface area contributed by atoms with Crippen LogP contribution in [0.5, 0.6) is 5.75 Å². The molecule has 128 valence electrons. The highest BCUT2D eigenvalue weighted by molar-refractivity contribution is 6.30. The van der Waals surface area contributed by atoms with E-state index in [4.69, 9.17) is 21.1 Å². The van der Waals surface area contributed by atoms with Crippen LogP contribution in [0.25, 0.3) is 0 Å². The summed E-state index contributed by atoms with van der Waals surface area (Å²) in [5.41, 5.74) is -0.0729. The first-order chi connectivity index (χ1) is 11.0. The molecule has 1 aromatic rings. The molecule has 23 heavy (non-hydrogen) atoms. The second kappa shape index (κ2) is 8.52. The molecule has 1 aliphatic heterocycles. The largest absolute Gasteiger partial charge is 0.493 e. The zero-order valence-corrected chi connectivity index (χ0v) is 14.6. The minimum absolute atomic E-state index is 0.000276. The maximum Gasteiger partial charge on any atom is 0.223 e. The number of morpholine rings is 1. The minimum Gasteiger partial charge on any atom is -0.493 e. The number of nitrogens with one attached hydrogen (secondary N) is 1. The Morgan fingerprint density at radius 2 is 1.96 bits per heavy atom. The first kappa shape index (κ1) is 18.0. The molecule has 6 heteroatoms. The predicted molar refractivity (Wildman–Crippen MR) is 91.0 cm³/mol. The molecule has 0 aromatic heterocycles. The van der Waals surface area contributed by atoms with Crippen molar-refractivity contribution in [2.45, 2.75) is 25.8 Å². The molecule has 0 saturated carbocycles. The van der Waals surface area contributed by atoms with Gasteiger partial charge in [0.25, 0.3) is 0 Å². The summed E-state index contributed by atoms with van der Waals surface area (Å²) in [5.74, 6) is 0.719. The molecular formula is C17H25ClN2O3. The Labute approximate surface area is 142 Å². The number of ether oxygens (including phenoxy) is 2. The normalized spacial score (nSPS) is 16.1. The summed E-state index contributed by atoms with van der Waals surface area (Å²) in [7, 11) is 0. The summed E-state index contributed by atoms with van der Waals surface area (Å²) in [6.07, 6.45) is 0.335. The van der Waals surface area contributed by atoms with E-state index in [0.717, 1.165) is 32.1 Å². The van der Waals surface area contributed by atoms with Crippen molar-refractivity contribution in [2.24, 2.45) is 0 Å². The molecule has 0 radical (unpaired) electrons. The number of halogens is 1. The average Bonchev–Trinajstić information content (AvgIpc) is 2.56. The molecule has 0 aliphatic carbocycles. The van der Waals surface area contributed by atoms with Gasteiger partial charge in [-0.2, -0.15) is 0 Å². The Morgan fingerprint density at radius 3 is 2.61 bits per heavy atom. The number of carbonyl (C=O) groups excluding carboxylic acids is 1. The summed E-state index contributed by atoms with van der Waals surface area (Å²) >= 11 is 5.81. The molecule has 1 N–H and O–H groups in total. The molecule has 1 amide bonds. The van der Waals surface area contributed by atoms with E-state index < -0.39 is 0 Å². The van der Waals surface area contributed by atoms with Crippen molar-refractivity contribution >= 4 is 17.5 Å². The fourth-order valence-corrected chi connectivity index (χ4v) is 2.60. The van der Waals surface area contributed by atoms with E-state index in [1.165, 1.54) is 0 Å². The van der Waals surface area contributed by atoms with Crippen LogP contribution in [0, 0.1) is 0 Å². The third kappa shape index (κ3) is 6.01. The van der Waals surface area contributed by atoms with E-state index in [0.29, 0.717) is 24.6 Å². The molecule has 1 saturated heterocycles. The van der Waals surface area contributed by atoms with Crippen molar-refractivity contribution in [1.82, 2.24) is 10.2 Å². The van der Waals surface area contributed by atoms with Gasteiger partial charge >= 0.3 is 0 Å². The Hall–Kier alpha value is -1.30. The van der Waals surface area contributed by atoms with Crippen LogP contribution in [0.4, 0.5) is 0 Å².